The van der Waals surface area contributed by atoms with Crippen molar-refractivity contribution in [1.82, 2.24) is 15.5 Å². The second kappa shape index (κ2) is 9.12. The van der Waals surface area contributed by atoms with E-state index in [9.17, 15) is 0 Å². The van der Waals surface area contributed by atoms with Gasteiger partial charge in [0.05, 0.1) is 6.54 Å². The van der Waals surface area contributed by atoms with E-state index in [0.717, 1.165) is 36.0 Å². The molecule has 144 valence electrons. The van der Waals surface area contributed by atoms with Crippen LogP contribution in [-0.4, -0.2) is 62.8 Å². The van der Waals surface area contributed by atoms with Crippen molar-refractivity contribution >= 4 is 29.9 Å². The first-order valence-corrected chi connectivity index (χ1v) is 9.39. The lowest BCUT2D eigenvalue weighted by molar-refractivity contribution is 0.0936. The van der Waals surface area contributed by atoms with Gasteiger partial charge in [0.1, 0.15) is 12.7 Å². The van der Waals surface area contributed by atoms with Gasteiger partial charge in [0, 0.05) is 26.2 Å². The molecule has 4 rings (SSSR count). The number of ether oxygens (including phenoxy) is 2. The van der Waals surface area contributed by atoms with Crippen LogP contribution in [0.5, 0.6) is 11.5 Å². The highest BCUT2D eigenvalue weighted by atomic mass is 127. The highest BCUT2D eigenvalue weighted by molar-refractivity contribution is 14.0. The fourth-order valence-corrected chi connectivity index (χ4v) is 3.64. The molecule has 2 fully saturated rings. The standard InChI is InChI=1S/C19H28N4O2.HI/c1-20-19(21-10-14-8-9-23(12-14)15-6-7-15)22-11-16-13-24-17-4-2-3-5-18(17)25-16;/h2-5,14-16H,6-13H2,1H3,(H2,20,21,22);1H. The Balaban J connectivity index is 0.00000196. The zero-order valence-electron chi connectivity index (χ0n) is 15.3. The Labute approximate surface area is 172 Å². The van der Waals surface area contributed by atoms with Crippen LogP contribution in [-0.2, 0) is 0 Å². The number of para-hydroxylation sites is 2. The predicted octanol–water partition coefficient (Wildman–Crippen LogP) is 2.09. The lowest BCUT2D eigenvalue weighted by Gasteiger charge is -2.27. The summed E-state index contributed by atoms with van der Waals surface area (Å²) in [6.45, 7) is 4.70. The van der Waals surface area contributed by atoms with E-state index < -0.39 is 0 Å². The number of nitrogens with zero attached hydrogens (tertiary/aromatic N) is 2. The minimum atomic E-state index is -0.00899. The summed E-state index contributed by atoms with van der Waals surface area (Å²) in [5.74, 6) is 3.20. The Bertz CT molecular complexity index is 623. The average molecular weight is 472 g/mol. The molecule has 2 heterocycles. The molecular weight excluding hydrogens is 443 g/mol. The van der Waals surface area contributed by atoms with Crippen molar-refractivity contribution < 1.29 is 9.47 Å². The van der Waals surface area contributed by atoms with Gasteiger partial charge in [-0.3, -0.25) is 4.99 Å². The molecule has 2 aliphatic heterocycles. The van der Waals surface area contributed by atoms with Gasteiger partial charge in [-0.05, 0) is 43.9 Å². The maximum absolute atomic E-state index is 5.98. The number of aliphatic imine (C=N–C) groups is 1. The normalized spacial score (nSPS) is 25.5. The van der Waals surface area contributed by atoms with Gasteiger partial charge in [0.15, 0.2) is 17.5 Å². The van der Waals surface area contributed by atoms with Crippen molar-refractivity contribution in [1.29, 1.82) is 0 Å². The number of hydrogen-bond donors (Lipinski definition) is 2. The summed E-state index contributed by atoms with van der Waals surface area (Å²) in [7, 11) is 1.81. The number of hydrogen-bond acceptors (Lipinski definition) is 4. The van der Waals surface area contributed by atoms with Gasteiger partial charge in [-0.25, -0.2) is 0 Å². The van der Waals surface area contributed by atoms with Crippen LogP contribution in [0.2, 0.25) is 0 Å². The zero-order chi connectivity index (χ0) is 17.1. The molecule has 2 atom stereocenters. The smallest absolute Gasteiger partial charge is 0.191 e. The summed E-state index contributed by atoms with van der Waals surface area (Å²) in [5.41, 5.74) is 0. The number of benzene rings is 1. The van der Waals surface area contributed by atoms with E-state index in [1.165, 1.54) is 32.4 Å². The van der Waals surface area contributed by atoms with E-state index in [0.29, 0.717) is 13.2 Å². The molecule has 1 aromatic carbocycles. The van der Waals surface area contributed by atoms with Crippen LogP contribution < -0.4 is 20.1 Å². The van der Waals surface area contributed by atoms with Crippen molar-refractivity contribution in [3.8, 4) is 11.5 Å². The minimum Gasteiger partial charge on any atom is -0.486 e. The second-order valence-electron chi connectivity index (χ2n) is 7.21. The Hall–Kier alpha value is -1.22. The third-order valence-electron chi connectivity index (χ3n) is 5.23. The molecule has 2 N–H and O–H groups in total. The Morgan fingerprint density at radius 2 is 1.92 bits per heavy atom. The number of guanidine groups is 1. The lowest BCUT2D eigenvalue weighted by Crippen LogP contribution is -2.46. The van der Waals surface area contributed by atoms with Gasteiger partial charge in [-0.2, -0.15) is 0 Å². The maximum Gasteiger partial charge on any atom is 0.191 e. The molecule has 1 aliphatic carbocycles. The third kappa shape index (κ3) is 4.94. The van der Waals surface area contributed by atoms with E-state index in [4.69, 9.17) is 9.47 Å². The number of fused-ring (bicyclic) bond motifs is 1. The molecule has 0 radical (unpaired) electrons. The average Bonchev–Trinajstić information content (AvgIpc) is 3.40. The predicted molar refractivity (Wildman–Crippen MR) is 114 cm³/mol. The van der Waals surface area contributed by atoms with Crippen molar-refractivity contribution in [3.63, 3.8) is 0 Å². The van der Waals surface area contributed by atoms with E-state index in [1.54, 1.807) is 0 Å². The number of rotatable bonds is 5. The summed E-state index contributed by atoms with van der Waals surface area (Å²) in [6, 6.07) is 8.69. The molecule has 0 bridgehead atoms. The van der Waals surface area contributed by atoms with Crippen LogP contribution >= 0.6 is 24.0 Å². The molecule has 7 heteroatoms. The summed E-state index contributed by atoms with van der Waals surface area (Å²) in [4.78, 5) is 6.97. The Morgan fingerprint density at radius 1 is 1.15 bits per heavy atom. The highest BCUT2D eigenvalue weighted by Crippen LogP contribution is 2.32. The van der Waals surface area contributed by atoms with E-state index in [-0.39, 0.29) is 30.1 Å². The zero-order valence-corrected chi connectivity index (χ0v) is 17.6. The summed E-state index contributed by atoms with van der Waals surface area (Å²) >= 11 is 0. The van der Waals surface area contributed by atoms with Gasteiger partial charge in [-0.1, -0.05) is 12.1 Å². The monoisotopic (exact) mass is 472 g/mol. The SMILES string of the molecule is CN=C(NCC1CCN(C2CC2)C1)NCC1COc2ccccc2O1.I. The summed E-state index contributed by atoms with van der Waals surface area (Å²) in [6.07, 6.45) is 4.08. The van der Waals surface area contributed by atoms with E-state index in [1.807, 2.05) is 31.3 Å². The van der Waals surface area contributed by atoms with E-state index >= 15 is 0 Å². The van der Waals surface area contributed by atoms with Crippen LogP contribution in [0.1, 0.15) is 19.3 Å². The molecular formula is C19H29IN4O2. The van der Waals surface area contributed by atoms with Crippen LogP contribution in [0.25, 0.3) is 0 Å². The topological polar surface area (TPSA) is 58.1 Å². The molecule has 0 spiro atoms. The summed E-state index contributed by atoms with van der Waals surface area (Å²) in [5, 5.41) is 6.83. The van der Waals surface area contributed by atoms with Crippen LogP contribution in [0, 0.1) is 5.92 Å². The fourth-order valence-electron chi connectivity index (χ4n) is 3.64. The Kier molecular flexibility index (Phi) is 6.86. The van der Waals surface area contributed by atoms with Gasteiger partial charge in [-0.15, -0.1) is 24.0 Å². The van der Waals surface area contributed by atoms with Crippen LogP contribution in [0.3, 0.4) is 0 Å². The number of likely N-dealkylation sites (tertiary alicyclic amines) is 1. The van der Waals surface area contributed by atoms with Gasteiger partial charge < -0.3 is 25.0 Å². The minimum absolute atomic E-state index is 0. The molecule has 3 aliphatic rings. The lowest BCUT2D eigenvalue weighted by atomic mass is 10.1. The first-order chi connectivity index (χ1) is 12.3. The van der Waals surface area contributed by atoms with Gasteiger partial charge >= 0.3 is 0 Å². The van der Waals surface area contributed by atoms with Crippen LogP contribution in [0.4, 0.5) is 0 Å². The highest BCUT2D eigenvalue weighted by Gasteiger charge is 2.34. The first kappa shape index (κ1) is 19.5. The van der Waals surface area contributed by atoms with E-state index in [2.05, 4.69) is 20.5 Å². The third-order valence-corrected chi connectivity index (χ3v) is 5.23. The quantitative estimate of drug-likeness (QED) is 0.391. The number of nitrogens with one attached hydrogen (secondary N) is 2. The molecule has 26 heavy (non-hydrogen) atoms. The van der Waals surface area contributed by atoms with Crippen molar-refractivity contribution in [2.24, 2.45) is 10.9 Å². The molecule has 1 saturated carbocycles. The first-order valence-electron chi connectivity index (χ1n) is 9.39. The molecule has 0 amide bonds. The summed E-state index contributed by atoms with van der Waals surface area (Å²) < 4.78 is 11.7. The molecule has 2 unspecified atom stereocenters. The molecule has 0 aromatic heterocycles. The van der Waals surface area contributed by atoms with Gasteiger partial charge in [0.25, 0.3) is 0 Å². The van der Waals surface area contributed by atoms with Crippen molar-refractivity contribution in [3.05, 3.63) is 24.3 Å². The fraction of sp³-hybridized carbons (Fsp3) is 0.632. The largest absolute Gasteiger partial charge is 0.486 e. The van der Waals surface area contributed by atoms with Crippen molar-refractivity contribution in [2.75, 3.05) is 39.8 Å². The van der Waals surface area contributed by atoms with Crippen LogP contribution in [0.15, 0.2) is 29.3 Å². The van der Waals surface area contributed by atoms with Crippen molar-refractivity contribution in [2.45, 2.75) is 31.4 Å². The molecule has 1 saturated heterocycles. The molecule has 1 aromatic rings. The molecule has 6 nitrogen and oxygen atoms in total. The Morgan fingerprint density at radius 3 is 2.69 bits per heavy atom. The second-order valence-corrected chi connectivity index (χ2v) is 7.21. The number of halogens is 1. The maximum atomic E-state index is 5.98. The van der Waals surface area contributed by atoms with Gasteiger partial charge in [0.2, 0.25) is 0 Å².